The first-order valence-corrected chi connectivity index (χ1v) is 7.16. The van der Waals surface area contributed by atoms with E-state index in [4.69, 9.17) is 0 Å². The Morgan fingerprint density at radius 3 is 2.89 bits per heavy atom. The van der Waals surface area contributed by atoms with Gasteiger partial charge in [0.2, 0.25) is 0 Å². The third-order valence-electron chi connectivity index (χ3n) is 3.11. The molecule has 102 valence electrons. The van der Waals surface area contributed by atoms with E-state index in [9.17, 15) is 0 Å². The second-order valence-electron chi connectivity index (χ2n) is 4.69. The number of rotatable bonds is 5. The fraction of sp³-hybridized carbons (Fsp3) is 0.615. The maximum atomic E-state index is 4.32. The molecule has 1 aliphatic carbocycles. The van der Waals surface area contributed by atoms with Gasteiger partial charge in [-0.15, -0.1) is 24.0 Å². The van der Waals surface area contributed by atoms with Gasteiger partial charge >= 0.3 is 0 Å². The predicted octanol–water partition coefficient (Wildman–Crippen LogP) is 3.17. The SMILES string of the molecule is CN=C(NCCC1CC1)N(C)Cc1ccsc1.I. The first kappa shape index (κ1) is 15.8. The average molecular weight is 379 g/mol. The number of guanidine groups is 1. The summed E-state index contributed by atoms with van der Waals surface area (Å²) in [6, 6.07) is 2.17. The summed E-state index contributed by atoms with van der Waals surface area (Å²) in [5, 5.41) is 7.74. The largest absolute Gasteiger partial charge is 0.356 e. The smallest absolute Gasteiger partial charge is 0.193 e. The van der Waals surface area contributed by atoms with Gasteiger partial charge in [-0.1, -0.05) is 12.8 Å². The first-order valence-electron chi connectivity index (χ1n) is 6.22. The molecule has 0 aromatic carbocycles. The number of thiophene rings is 1. The number of hydrogen-bond acceptors (Lipinski definition) is 2. The van der Waals surface area contributed by atoms with Gasteiger partial charge in [-0.2, -0.15) is 11.3 Å². The molecule has 5 heteroatoms. The van der Waals surface area contributed by atoms with Gasteiger partial charge in [0.25, 0.3) is 0 Å². The highest BCUT2D eigenvalue weighted by atomic mass is 127. The van der Waals surface area contributed by atoms with Gasteiger partial charge in [-0.05, 0) is 34.7 Å². The lowest BCUT2D eigenvalue weighted by Gasteiger charge is -2.21. The molecule has 1 aliphatic rings. The van der Waals surface area contributed by atoms with Crippen molar-refractivity contribution in [3.63, 3.8) is 0 Å². The minimum absolute atomic E-state index is 0. The second kappa shape index (κ2) is 7.99. The lowest BCUT2D eigenvalue weighted by molar-refractivity contribution is 0.475. The lowest BCUT2D eigenvalue weighted by atomic mass is 10.3. The maximum Gasteiger partial charge on any atom is 0.193 e. The summed E-state index contributed by atoms with van der Waals surface area (Å²) in [5.41, 5.74) is 1.35. The molecule has 0 saturated heterocycles. The van der Waals surface area contributed by atoms with Gasteiger partial charge < -0.3 is 10.2 Å². The van der Waals surface area contributed by atoms with Crippen molar-refractivity contribution in [2.75, 3.05) is 20.6 Å². The van der Waals surface area contributed by atoms with Crippen molar-refractivity contribution in [2.45, 2.75) is 25.8 Å². The number of hydrogen-bond donors (Lipinski definition) is 1. The molecule has 1 heterocycles. The molecule has 0 atom stereocenters. The molecule has 1 aromatic rings. The molecule has 1 aromatic heterocycles. The van der Waals surface area contributed by atoms with Gasteiger partial charge in [-0.3, -0.25) is 4.99 Å². The molecule has 0 unspecified atom stereocenters. The molecule has 1 N–H and O–H groups in total. The average Bonchev–Trinajstić information content (AvgIpc) is 3.01. The highest BCUT2D eigenvalue weighted by Crippen LogP contribution is 2.31. The number of nitrogens with zero attached hydrogens (tertiary/aromatic N) is 2. The molecule has 2 rings (SSSR count). The molecule has 0 spiro atoms. The molecule has 0 bridgehead atoms. The van der Waals surface area contributed by atoms with Crippen molar-refractivity contribution in [2.24, 2.45) is 10.9 Å². The maximum absolute atomic E-state index is 4.32. The minimum atomic E-state index is 0. The van der Waals surface area contributed by atoms with Crippen molar-refractivity contribution in [3.8, 4) is 0 Å². The topological polar surface area (TPSA) is 27.6 Å². The van der Waals surface area contributed by atoms with E-state index < -0.39 is 0 Å². The summed E-state index contributed by atoms with van der Waals surface area (Å²) in [4.78, 5) is 6.50. The monoisotopic (exact) mass is 379 g/mol. The quantitative estimate of drug-likeness (QED) is 0.484. The predicted molar refractivity (Wildman–Crippen MR) is 89.9 cm³/mol. The third kappa shape index (κ3) is 5.14. The molecule has 0 aliphatic heterocycles. The Morgan fingerprint density at radius 1 is 1.56 bits per heavy atom. The van der Waals surface area contributed by atoms with Crippen LogP contribution >= 0.6 is 35.3 Å². The van der Waals surface area contributed by atoms with Crippen LogP contribution < -0.4 is 5.32 Å². The Balaban J connectivity index is 0.00000162. The van der Waals surface area contributed by atoms with Crippen LogP contribution in [0.5, 0.6) is 0 Å². The fourth-order valence-electron chi connectivity index (χ4n) is 1.91. The van der Waals surface area contributed by atoms with E-state index in [1.54, 1.807) is 11.3 Å². The van der Waals surface area contributed by atoms with Crippen LogP contribution in [0.25, 0.3) is 0 Å². The minimum Gasteiger partial charge on any atom is -0.356 e. The van der Waals surface area contributed by atoms with Gasteiger partial charge in [0.05, 0.1) is 0 Å². The van der Waals surface area contributed by atoms with E-state index in [2.05, 4.69) is 39.1 Å². The third-order valence-corrected chi connectivity index (χ3v) is 3.84. The van der Waals surface area contributed by atoms with Crippen LogP contribution in [-0.4, -0.2) is 31.5 Å². The summed E-state index contributed by atoms with van der Waals surface area (Å²) in [7, 11) is 3.94. The van der Waals surface area contributed by atoms with Crippen LogP contribution in [0.4, 0.5) is 0 Å². The molecule has 0 radical (unpaired) electrons. The molecular weight excluding hydrogens is 357 g/mol. The van der Waals surface area contributed by atoms with Crippen LogP contribution in [0.3, 0.4) is 0 Å². The van der Waals surface area contributed by atoms with Crippen molar-refractivity contribution in [1.82, 2.24) is 10.2 Å². The molecule has 18 heavy (non-hydrogen) atoms. The van der Waals surface area contributed by atoms with Crippen molar-refractivity contribution in [1.29, 1.82) is 0 Å². The van der Waals surface area contributed by atoms with Crippen LogP contribution in [0.1, 0.15) is 24.8 Å². The standard InChI is InChI=1S/C13H21N3S.HI/c1-14-13(15-7-5-11-3-4-11)16(2)9-12-6-8-17-10-12;/h6,8,10-11H,3-5,7,9H2,1-2H3,(H,14,15);1H. The normalized spacial score (nSPS) is 15.1. The van der Waals surface area contributed by atoms with E-state index in [1.165, 1.54) is 24.8 Å². The zero-order chi connectivity index (χ0) is 12.1. The van der Waals surface area contributed by atoms with Gasteiger partial charge in [0.15, 0.2) is 5.96 Å². The second-order valence-corrected chi connectivity index (χ2v) is 5.47. The molecule has 3 nitrogen and oxygen atoms in total. The Bertz CT molecular complexity index is 360. The summed E-state index contributed by atoms with van der Waals surface area (Å²) in [6.45, 7) is 1.97. The van der Waals surface area contributed by atoms with E-state index in [0.29, 0.717) is 0 Å². The Hall–Kier alpha value is -0.300. The van der Waals surface area contributed by atoms with Crippen LogP contribution in [0.2, 0.25) is 0 Å². The summed E-state index contributed by atoms with van der Waals surface area (Å²) >= 11 is 1.74. The fourth-order valence-corrected chi connectivity index (χ4v) is 2.57. The van der Waals surface area contributed by atoms with E-state index in [-0.39, 0.29) is 24.0 Å². The van der Waals surface area contributed by atoms with Gasteiger partial charge in [0.1, 0.15) is 0 Å². The molecular formula is C13H22IN3S. The molecule has 1 saturated carbocycles. The van der Waals surface area contributed by atoms with Crippen molar-refractivity contribution < 1.29 is 0 Å². The Kier molecular flexibility index (Phi) is 6.99. The van der Waals surface area contributed by atoms with Crippen LogP contribution in [0, 0.1) is 5.92 Å². The highest BCUT2D eigenvalue weighted by molar-refractivity contribution is 14.0. The molecule has 1 fully saturated rings. The number of aliphatic imine (C=N–C) groups is 1. The van der Waals surface area contributed by atoms with Crippen molar-refractivity contribution in [3.05, 3.63) is 22.4 Å². The molecule has 0 amide bonds. The van der Waals surface area contributed by atoms with E-state index in [0.717, 1.165) is 25.0 Å². The summed E-state index contributed by atoms with van der Waals surface area (Å²) in [6.07, 6.45) is 4.13. The lowest BCUT2D eigenvalue weighted by Crippen LogP contribution is -2.38. The highest BCUT2D eigenvalue weighted by Gasteiger charge is 2.20. The summed E-state index contributed by atoms with van der Waals surface area (Å²) < 4.78 is 0. The zero-order valence-corrected chi connectivity index (χ0v) is 14.2. The van der Waals surface area contributed by atoms with Crippen molar-refractivity contribution >= 4 is 41.3 Å². The van der Waals surface area contributed by atoms with E-state index in [1.807, 2.05) is 7.05 Å². The van der Waals surface area contributed by atoms with Crippen LogP contribution in [0.15, 0.2) is 21.8 Å². The zero-order valence-electron chi connectivity index (χ0n) is 11.1. The van der Waals surface area contributed by atoms with Gasteiger partial charge in [0, 0.05) is 27.2 Å². The Morgan fingerprint density at radius 2 is 2.33 bits per heavy atom. The van der Waals surface area contributed by atoms with Gasteiger partial charge in [-0.25, -0.2) is 0 Å². The van der Waals surface area contributed by atoms with E-state index >= 15 is 0 Å². The number of nitrogens with one attached hydrogen (secondary N) is 1. The Labute approximate surface area is 131 Å². The first-order chi connectivity index (χ1) is 8.29. The summed E-state index contributed by atoms with van der Waals surface area (Å²) in [5.74, 6) is 1.97. The number of halogens is 1. The van der Waals surface area contributed by atoms with Crippen LogP contribution in [-0.2, 0) is 6.54 Å².